The Morgan fingerprint density at radius 3 is 2.70 bits per heavy atom. The van der Waals surface area contributed by atoms with Crippen LogP contribution in [0.5, 0.6) is 11.5 Å². The topological polar surface area (TPSA) is 78.3 Å². The summed E-state index contributed by atoms with van der Waals surface area (Å²) >= 11 is 1.39. The minimum absolute atomic E-state index is 0.120. The van der Waals surface area contributed by atoms with E-state index in [4.69, 9.17) is 9.47 Å². The summed E-state index contributed by atoms with van der Waals surface area (Å²) < 4.78 is 12.5. The van der Waals surface area contributed by atoms with E-state index in [9.17, 15) is 4.79 Å². The van der Waals surface area contributed by atoms with Gasteiger partial charge in [-0.05, 0) is 25.0 Å². The number of rotatable bonds is 7. The summed E-state index contributed by atoms with van der Waals surface area (Å²) in [6, 6.07) is 5.29. The highest BCUT2D eigenvalue weighted by atomic mass is 32.2. The van der Waals surface area contributed by atoms with E-state index in [2.05, 4.69) is 15.5 Å². The second-order valence-corrected chi connectivity index (χ2v) is 7.58. The molecular weight excluding hydrogens is 364 g/mol. The lowest BCUT2D eigenvalue weighted by atomic mass is 9.89. The number of carbonyl (C=O) groups is 1. The lowest BCUT2D eigenvalue weighted by Gasteiger charge is -2.20. The summed E-state index contributed by atoms with van der Waals surface area (Å²) in [4.78, 5) is 12.4. The van der Waals surface area contributed by atoms with Crippen LogP contribution in [0, 0.1) is 0 Å². The average Bonchev–Trinajstić information content (AvgIpc) is 3.07. The Labute approximate surface area is 163 Å². The van der Waals surface area contributed by atoms with Crippen molar-refractivity contribution in [2.45, 2.75) is 43.2 Å². The van der Waals surface area contributed by atoms with E-state index in [1.54, 1.807) is 32.4 Å². The van der Waals surface area contributed by atoms with Gasteiger partial charge in [-0.25, -0.2) is 0 Å². The van der Waals surface area contributed by atoms with Crippen LogP contribution in [0.15, 0.2) is 23.4 Å². The second kappa shape index (κ2) is 9.12. The van der Waals surface area contributed by atoms with Gasteiger partial charge in [0.05, 0.1) is 25.7 Å². The van der Waals surface area contributed by atoms with Gasteiger partial charge < -0.3 is 19.4 Å². The van der Waals surface area contributed by atoms with E-state index >= 15 is 0 Å². The first-order chi connectivity index (χ1) is 13.1. The number of nitrogens with one attached hydrogen (secondary N) is 1. The molecule has 3 rings (SSSR count). The lowest BCUT2D eigenvalue weighted by molar-refractivity contribution is -0.113. The number of ether oxygens (including phenoxy) is 2. The van der Waals surface area contributed by atoms with Crippen molar-refractivity contribution in [2.75, 3.05) is 25.3 Å². The summed E-state index contributed by atoms with van der Waals surface area (Å²) in [6.07, 6.45) is 6.17. The van der Waals surface area contributed by atoms with Crippen LogP contribution >= 0.6 is 11.8 Å². The molecule has 1 N–H and O–H groups in total. The zero-order valence-corrected chi connectivity index (χ0v) is 16.8. The molecular formula is C19H26N4O3S. The molecule has 0 saturated heterocycles. The minimum Gasteiger partial charge on any atom is -0.497 e. The highest BCUT2D eigenvalue weighted by molar-refractivity contribution is 7.99. The van der Waals surface area contributed by atoms with Crippen molar-refractivity contribution in [1.82, 2.24) is 14.8 Å². The smallest absolute Gasteiger partial charge is 0.234 e. The van der Waals surface area contributed by atoms with Crippen LogP contribution in [0.3, 0.4) is 0 Å². The van der Waals surface area contributed by atoms with Gasteiger partial charge in [-0.2, -0.15) is 0 Å². The maximum atomic E-state index is 12.4. The van der Waals surface area contributed by atoms with E-state index in [0.717, 1.165) is 11.0 Å². The zero-order valence-electron chi connectivity index (χ0n) is 16.0. The predicted molar refractivity (Wildman–Crippen MR) is 106 cm³/mol. The predicted octanol–water partition coefficient (Wildman–Crippen LogP) is 3.61. The van der Waals surface area contributed by atoms with Gasteiger partial charge >= 0.3 is 0 Å². The Morgan fingerprint density at radius 2 is 2.00 bits per heavy atom. The summed E-state index contributed by atoms with van der Waals surface area (Å²) in [6.45, 7) is 0. The second-order valence-electron chi connectivity index (χ2n) is 6.64. The third-order valence-corrected chi connectivity index (χ3v) is 5.87. The maximum Gasteiger partial charge on any atom is 0.234 e. The molecule has 1 fully saturated rings. The third-order valence-electron chi connectivity index (χ3n) is 4.85. The molecule has 0 aliphatic heterocycles. The fraction of sp³-hybridized carbons (Fsp3) is 0.526. The quantitative estimate of drug-likeness (QED) is 0.728. The number of hydrogen-bond acceptors (Lipinski definition) is 6. The largest absolute Gasteiger partial charge is 0.497 e. The van der Waals surface area contributed by atoms with Crippen molar-refractivity contribution < 1.29 is 14.3 Å². The molecule has 1 aliphatic rings. The van der Waals surface area contributed by atoms with Crippen LogP contribution in [-0.2, 0) is 11.8 Å². The van der Waals surface area contributed by atoms with Crippen LogP contribution in [0.2, 0.25) is 0 Å². The Kier molecular flexibility index (Phi) is 6.60. The number of methoxy groups -OCH3 is 2. The summed E-state index contributed by atoms with van der Waals surface area (Å²) in [5, 5.41) is 12.3. The maximum absolute atomic E-state index is 12.4. The Hall–Kier alpha value is -2.22. The highest BCUT2D eigenvalue weighted by Crippen LogP contribution is 2.33. The van der Waals surface area contributed by atoms with Crippen LogP contribution < -0.4 is 14.8 Å². The van der Waals surface area contributed by atoms with Gasteiger partial charge in [0.2, 0.25) is 5.91 Å². The Bertz CT molecular complexity index is 787. The normalized spacial score (nSPS) is 14.8. The van der Waals surface area contributed by atoms with E-state index in [0.29, 0.717) is 23.1 Å². The molecule has 1 amide bonds. The van der Waals surface area contributed by atoms with Gasteiger partial charge in [-0.15, -0.1) is 10.2 Å². The standard InChI is InChI=1S/C19H26N4O3S/c1-23-18(13-7-5-4-6-8-13)21-22-19(23)27-12-17(24)20-15-10-9-14(25-2)11-16(15)26-3/h9-11,13H,4-8,12H2,1-3H3,(H,20,24). The summed E-state index contributed by atoms with van der Waals surface area (Å²) in [5.74, 6) is 2.90. The van der Waals surface area contributed by atoms with E-state index < -0.39 is 0 Å². The monoisotopic (exact) mass is 390 g/mol. The number of nitrogens with zero attached hydrogens (tertiary/aromatic N) is 3. The molecule has 1 aromatic heterocycles. The summed E-state index contributed by atoms with van der Waals surface area (Å²) in [5.41, 5.74) is 0.616. The first kappa shape index (κ1) is 19.5. The number of amides is 1. The van der Waals surface area contributed by atoms with Gasteiger partial charge in [0.25, 0.3) is 0 Å². The van der Waals surface area contributed by atoms with E-state index in [1.165, 1.54) is 43.9 Å². The fourth-order valence-electron chi connectivity index (χ4n) is 3.39. The molecule has 7 nitrogen and oxygen atoms in total. The van der Waals surface area contributed by atoms with E-state index in [1.807, 2.05) is 11.6 Å². The van der Waals surface area contributed by atoms with E-state index in [-0.39, 0.29) is 11.7 Å². The van der Waals surface area contributed by atoms with Crippen molar-refractivity contribution in [2.24, 2.45) is 7.05 Å². The number of thioether (sulfide) groups is 1. The van der Waals surface area contributed by atoms with Crippen LogP contribution in [0.25, 0.3) is 0 Å². The van der Waals surface area contributed by atoms with Crippen molar-refractivity contribution in [3.63, 3.8) is 0 Å². The van der Waals surface area contributed by atoms with Crippen LogP contribution in [-0.4, -0.2) is 40.6 Å². The van der Waals surface area contributed by atoms with Gasteiger partial charge in [0.1, 0.15) is 17.3 Å². The highest BCUT2D eigenvalue weighted by Gasteiger charge is 2.22. The number of hydrogen-bond donors (Lipinski definition) is 1. The number of carbonyl (C=O) groups excluding carboxylic acids is 1. The summed E-state index contributed by atoms with van der Waals surface area (Å²) in [7, 11) is 5.13. The third kappa shape index (κ3) is 4.74. The fourth-order valence-corrected chi connectivity index (χ4v) is 4.10. The van der Waals surface area contributed by atoms with Crippen molar-refractivity contribution in [3.8, 4) is 11.5 Å². The number of aromatic nitrogens is 3. The molecule has 1 saturated carbocycles. The lowest BCUT2D eigenvalue weighted by Crippen LogP contribution is -2.15. The molecule has 27 heavy (non-hydrogen) atoms. The molecule has 0 bridgehead atoms. The molecule has 1 heterocycles. The van der Waals surface area contributed by atoms with Crippen LogP contribution in [0.1, 0.15) is 43.8 Å². The minimum atomic E-state index is -0.120. The van der Waals surface area contributed by atoms with Gasteiger partial charge in [-0.1, -0.05) is 31.0 Å². The SMILES string of the molecule is COc1ccc(NC(=O)CSc2nnc(C3CCCCC3)n2C)c(OC)c1. The Balaban J connectivity index is 1.59. The van der Waals surface area contributed by atoms with Crippen molar-refractivity contribution in [1.29, 1.82) is 0 Å². The van der Waals surface area contributed by atoms with Crippen molar-refractivity contribution in [3.05, 3.63) is 24.0 Å². The molecule has 0 spiro atoms. The molecule has 146 valence electrons. The average molecular weight is 391 g/mol. The molecule has 8 heteroatoms. The molecule has 0 atom stereocenters. The number of anilines is 1. The van der Waals surface area contributed by atoms with Gasteiger partial charge in [-0.3, -0.25) is 4.79 Å². The van der Waals surface area contributed by atoms with Gasteiger partial charge in [0.15, 0.2) is 5.16 Å². The first-order valence-corrected chi connectivity index (χ1v) is 10.1. The van der Waals surface area contributed by atoms with Gasteiger partial charge in [0, 0.05) is 19.0 Å². The molecule has 2 aromatic rings. The molecule has 1 aromatic carbocycles. The van der Waals surface area contributed by atoms with Crippen LogP contribution in [0.4, 0.5) is 5.69 Å². The molecule has 1 aliphatic carbocycles. The Morgan fingerprint density at radius 1 is 1.22 bits per heavy atom. The van der Waals surface area contributed by atoms with Crippen molar-refractivity contribution >= 4 is 23.4 Å². The zero-order chi connectivity index (χ0) is 19.2. The number of benzene rings is 1. The molecule has 0 radical (unpaired) electrons. The molecule has 0 unspecified atom stereocenters. The first-order valence-electron chi connectivity index (χ1n) is 9.16.